The van der Waals surface area contributed by atoms with Gasteiger partial charge in [-0.3, -0.25) is 13.9 Å². The average molecular weight is 589 g/mol. The number of benzene rings is 3. The quantitative estimate of drug-likeness (QED) is 0.362. The number of amides is 2. The molecule has 1 N–H and O–H groups in total. The highest BCUT2D eigenvalue weighted by molar-refractivity contribution is 9.10. The van der Waals surface area contributed by atoms with Crippen LogP contribution in [0, 0.1) is 0 Å². The molecule has 0 saturated heterocycles. The Morgan fingerprint density at radius 1 is 1.00 bits per heavy atom. The first-order valence-electron chi connectivity index (χ1n) is 11.7. The number of anilines is 1. The summed E-state index contributed by atoms with van der Waals surface area (Å²) in [7, 11) is -2.64. The van der Waals surface area contributed by atoms with E-state index in [0.29, 0.717) is 12.3 Å². The molecule has 196 valence electrons. The highest BCUT2D eigenvalue weighted by Crippen LogP contribution is 2.27. The largest absolute Gasteiger partial charge is 0.497 e. The van der Waals surface area contributed by atoms with E-state index in [-0.39, 0.29) is 23.0 Å². The van der Waals surface area contributed by atoms with Crippen molar-refractivity contribution < 1.29 is 22.7 Å². The summed E-state index contributed by atoms with van der Waals surface area (Å²) in [5.74, 6) is -0.411. The molecule has 0 bridgehead atoms. The zero-order valence-corrected chi connectivity index (χ0v) is 23.3. The van der Waals surface area contributed by atoms with Crippen molar-refractivity contribution in [2.24, 2.45) is 0 Å². The molecule has 3 rings (SSSR count). The average Bonchev–Trinajstić information content (AvgIpc) is 2.90. The number of methoxy groups -OCH3 is 1. The summed E-state index contributed by atoms with van der Waals surface area (Å²) in [6.07, 6.45) is 0. The molecule has 1 atom stereocenters. The first-order chi connectivity index (χ1) is 17.7. The van der Waals surface area contributed by atoms with E-state index in [1.807, 2.05) is 24.3 Å². The lowest BCUT2D eigenvalue weighted by molar-refractivity contribution is -0.139. The molecule has 3 aromatic carbocycles. The van der Waals surface area contributed by atoms with Crippen LogP contribution in [0.5, 0.6) is 5.75 Å². The Morgan fingerprint density at radius 3 is 2.35 bits per heavy atom. The normalized spacial score (nSPS) is 11.9. The van der Waals surface area contributed by atoms with Crippen molar-refractivity contribution in [2.75, 3.05) is 24.5 Å². The molecule has 0 saturated carbocycles. The summed E-state index contributed by atoms with van der Waals surface area (Å²) >= 11 is 3.43. The van der Waals surface area contributed by atoms with E-state index in [1.54, 1.807) is 56.3 Å². The van der Waals surface area contributed by atoms with E-state index in [2.05, 4.69) is 21.2 Å². The second-order valence-electron chi connectivity index (χ2n) is 8.25. The third-order valence-corrected chi connectivity index (χ3v) is 7.99. The second-order valence-corrected chi connectivity index (χ2v) is 11.0. The van der Waals surface area contributed by atoms with Gasteiger partial charge in [0.2, 0.25) is 11.8 Å². The number of carbonyl (C=O) groups excluding carboxylic acids is 2. The van der Waals surface area contributed by atoms with Crippen molar-refractivity contribution in [1.82, 2.24) is 10.2 Å². The molecule has 0 fully saturated rings. The van der Waals surface area contributed by atoms with Gasteiger partial charge in [0.05, 0.1) is 17.7 Å². The van der Waals surface area contributed by atoms with Gasteiger partial charge in [0.15, 0.2) is 0 Å². The van der Waals surface area contributed by atoms with Crippen LogP contribution in [0.1, 0.15) is 19.4 Å². The minimum Gasteiger partial charge on any atom is -0.497 e. The molecule has 0 heterocycles. The molecule has 0 aromatic heterocycles. The van der Waals surface area contributed by atoms with Gasteiger partial charge in [-0.25, -0.2) is 8.42 Å². The van der Waals surface area contributed by atoms with Crippen molar-refractivity contribution in [1.29, 1.82) is 0 Å². The third kappa shape index (κ3) is 7.11. The number of halogens is 1. The first-order valence-corrected chi connectivity index (χ1v) is 13.9. The highest BCUT2D eigenvalue weighted by atomic mass is 79.9. The zero-order chi connectivity index (χ0) is 27.0. The fourth-order valence-electron chi connectivity index (χ4n) is 3.75. The van der Waals surface area contributed by atoms with Gasteiger partial charge < -0.3 is 15.0 Å². The summed E-state index contributed by atoms with van der Waals surface area (Å²) in [5, 5.41) is 2.74. The molecule has 2 amide bonds. The Labute approximate surface area is 226 Å². The summed E-state index contributed by atoms with van der Waals surface area (Å²) in [6.45, 7) is 3.43. The van der Waals surface area contributed by atoms with Crippen LogP contribution < -0.4 is 14.4 Å². The number of ether oxygens (including phenoxy) is 1. The predicted molar refractivity (Wildman–Crippen MR) is 147 cm³/mol. The van der Waals surface area contributed by atoms with Gasteiger partial charge in [-0.2, -0.15) is 0 Å². The number of sulfonamides is 1. The molecule has 0 radical (unpaired) electrons. The molecule has 0 aliphatic rings. The van der Waals surface area contributed by atoms with Crippen LogP contribution in [0.25, 0.3) is 0 Å². The number of nitrogens with one attached hydrogen (secondary N) is 1. The standard InChI is InChI=1S/C27H30BrN3O5S/c1-4-29-27(33)20(2)30(18-21-10-8-11-22(28)16-21)26(32)19-31(23-12-9-13-24(17-23)36-3)37(34,35)25-14-6-5-7-15-25/h5-17,20H,4,18-19H2,1-3H3,(H,29,33)/t20-/m1/s1. The molecule has 8 nitrogen and oxygen atoms in total. The fourth-order valence-corrected chi connectivity index (χ4v) is 5.62. The number of rotatable bonds is 11. The van der Waals surface area contributed by atoms with Crippen LogP contribution >= 0.6 is 15.9 Å². The molecule has 10 heteroatoms. The SMILES string of the molecule is CCNC(=O)[C@@H](C)N(Cc1cccc(Br)c1)C(=O)CN(c1cccc(OC)c1)S(=O)(=O)c1ccccc1. The van der Waals surface area contributed by atoms with Crippen LogP contribution in [0.15, 0.2) is 88.2 Å². The van der Waals surface area contributed by atoms with Crippen molar-refractivity contribution in [3.63, 3.8) is 0 Å². The number of likely N-dealkylation sites (N-methyl/N-ethyl adjacent to an activating group) is 1. The van der Waals surface area contributed by atoms with Crippen LogP contribution in [0.4, 0.5) is 5.69 Å². The topological polar surface area (TPSA) is 96.0 Å². The van der Waals surface area contributed by atoms with Gasteiger partial charge in [0, 0.05) is 23.6 Å². The van der Waals surface area contributed by atoms with Crippen molar-refractivity contribution in [3.8, 4) is 5.75 Å². The van der Waals surface area contributed by atoms with Crippen molar-refractivity contribution in [3.05, 3.63) is 88.9 Å². The monoisotopic (exact) mass is 587 g/mol. The molecule has 0 aliphatic carbocycles. The molecule has 3 aromatic rings. The maximum absolute atomic E-state index is 13.8. The number of hydrogen-bond acceptors (Lipinski definition) is 5. The Kier molecular flexibility index (Phi) is 9.71. The van der Waals surface area contributed by atoms with Gasteiger partial charge in [-0.15, -0.1) is 0 Å². The summed E-state index contributed by atoms with van der Waals surface area (Å²) in [4.78, 5) is 28.0. The number of hydrogen-bond donors (Lipinski definition) is 1. The van der Waals surface area contributed by atoms with Gasteiger partial charge in [-0.05, 0) is 55.8 Å². The Bertz CT molecular complexity index is 1330. The maximum atomic E-state index is 13.8. The molecule has 0 spiro atoms. The van der Waals surface area contributed by atoms with Gasteiger partial charge in [-0.1, -0.05) is 52.3 Å². The van der Waals surface area contributed by atoms with E-state index >= 15 is 0 Å². The number of carbonyl (C=O) groups is 2. The molecule has 37 heavy (non-hydrogen) atoms. The van der Waals surface area contributed by atoms with Gasteiger partial charge in [0.25, 0.3) is 10.0 Å². The van der Waals surface area contributed by atoms with Crippen molar-refractivity contribution in [2.45, 2.75) is 31.3 Å². The first kappa shape index (κ1) is 28.2. The van der Waals surface area contributed by atoms with E-state index in [0.717, 1.165) is 14.3 Å². The van der Waals surface area contributed by atoms with E-state index < -0.39 is 28.5 Å². The van der Waals surface area contributed by atoms with Crippen molar-refractivity contribution >= 4 is 43.5 Å². The minimum absolute atomic E-state index is 0.0425. The van der Waals surface area contributed by atoms with E-state index in [4.69, 9.17) is 4.74 Å². The maximum Gasteiger partial charge on any atom is 0.264 e. The Balaban J connectivity index is 2.04. The molecular weight excluding hydrogens is 558 g/mol. The van der Waals surface area contributed by atoms with E-state index in [9.17, 15) is 18.0 Å². The van der Waals surface area contributed by atoms with Gasteiger partial charge in [0.1, 0.15) is 18.3 Å². The Hall–Kier alpha value is -3.37. The van der Waals surface area contributed by atoms with Gasteiger partial charge >= 0.3 is 0 Å². The third-order valence-electron chi connectivity index (χ3n) is 5.71. The lowest BCUT2D eigenvalue weighted by Gasteiger charge is -2.32. The zero-order valence-electron chi connectivity index (χ0n) is 20.9. The highest BCUT2D eigenvalue weighted by Gasteiger charge is 2.32. The molecular formula is C27H30BrN3O5S. The Morgan fingerprint density at radius 2 is 1.70 bits per heavy atom. The number of nitrogens with zero attached hydrogens (tertiary/aromatic N) is 2. The van der Waals surface area contributed by atoms with Crippen LogP contribution in [-0.2, 0) is 26.2 Å². The molecule has 0 unspecified atom stereocenters. The van der Waals surface area contributed by atoms with Crippen LogP contribution in [0.3, 0.4) is 0 Å². The summed E-state index contributed by atoms with van der Waals surface area (Å²) in [6, 6.07) is 21.0. The summed E-state index contributed by atoms with van der Waals surface area (Å²) < 4.78 is 34.6. The van der Waals surface area contributed by atoms with E-state index in [1.165, 1.54) is 24.1 Å². The second kappa shape index (κ2) is 12.7. The molecule has 0 aliphatic heterocycles. The fraction of sp³-hybridized carbons (Fsp3) is 0.259. The lowest BCUT2D eigenvalue weighted by Crippen LogP contribution is -2.51. The smallest absolute Gasteiger partial charge is 0.264 e. The lowest BCUT2D eigenvalue weighted by atomic mass is 10.1. The summed E-state index contributed by atoms with van der Waals surface area (Å²) in [5.41, 5.74) is 1.06. The predicted octanol–water partition coefficient (Wildman–Crippen LogP) is 4.21. The minimum atomic E-state index is -4.12. The van der Waals surface area contributed by atoms with Crippen LogP contribution in [-0.4, -0.2) is 51.4 Å². The van der Waals surface area contributed by atoms with Crippen LogP contribution in [0.2, 0.25) is 0 Å².